The number of nitrogens with one attached hydrogen (secondary N) is 2. The standard InChI is InChI=1S/C17H25N3O/c1-14(21)19-16-4-2-15(3-5-16)12-20-11-8-17(13-20)6-9-18-10-7-17/h2-5,18H,6-13H2,1H3,(H,19,21). The fourth-order valence-corrected chi connectivity index (χ4v) is 3.68. The Kier molecular flexibility index (Phi) is 4.27. The minimum absolute atomic E-state index is 0.0184. The van der Waals surface area contributed by atoms with E-state index < -0.39 is 0 Å². The van der Waals surface area contributed by atoms with Crippen LogP contribution in [0.15, 0.2) is 24.3 Å². The fraction of sp³-hybridized carbons (Fsp3) is 0.588. The molecule has 0 saturated carbocycles. The van der Waals surface area contributed by atoms with Crippen LogP contribution in [0, 0.1) is 5.41 Å². The summed E-state index contributed by atoms with van der Waals surface area (Å²) in [5, 5.41) is 6.28. The number of likely N-dealkylation sites (tertiary alicyclic amines) is 1. The highest BCUT2D eigenvalue weighted by Gasteiger charge is 2.38. The topological polar surface area (TPSA) is 44.4 Å². The number of carbonyl (C=O) groups excluding carboxylic acids is 1. The maximum Gasteiger partial charge on any atom is 0.221 e. The molecule has 0 radical (unpaired) electrons. The highest BCUT2D eigenvalue weighted by Crippen LogP contribution is 2.38. The lowest BCUT2D eigenvalue weighted by molar-refractivity contribution is -0.114. The third kappa shape index (κ3) is 3.63. The van der Waals surface area contributed by atoms with Crippen LogP contribution in [0.25, 0.3) is 0 Å². The normalized spacial score (nSPS) is 21.6. The van der Waals surface area contributed by atoms with E-state index >= 15 is 0 Å². The van der Waals surface area contributed by atoms with Crippen molar-refractivity contribution in [2.24, 2.45) is 5.41 Å². The van der Waals surface area contributed by atoms with Gasteiger partial charge >= 0.3 is 0 Å². The molecule has 0 aliphatic carbocycles. The van der Waals surface area contributed by atoms with Crippen LogP contribution < -0.4 is 10.6 Å². The van der Waals surface area contributed by atoms with E-state index in [2.05, 4.69) is 27.7 Å². The summed E-state index contributed by atoms with van der Waals surface area (Å²) < 4.78 is 0. The zero-order chi connectivity index (χ0) is 14.7. The first-order valence-corrected chi connectivity index (χ1v) is 7.95. The first-order chi connectivity index (χ1) is 10.2. The van der Waals surface area contributed by atoms with Crippen LogP contribution in [0.3, 0.4) is 0 Å². The maximum atomic E-state index is 11.0. The van der Waals surface area contributed by atoms with Crippen molar-refractivity contribution in [2.45, 2.75) is 32.7 Å². The van der Waals surface area contributed by atoms with E-state index in [1.807, 2.05) is 12.1 Å². The second-order valence-electron chi connectivity index (χ2n) is 6.59. The molecule has 21 heavy (non-hydrogen) atoms. The van der Waals surface area contributed by atoms with Gasteiger partial charge in [0.25, 0.3) is 0 Å². The molecule has 1 amide bonds. The summed E-state index contributed by atoms with van der Waals surface area (Å²) in [5.74, 6) is -0.0184. The molecule has 2 saturated heterocycles. The van der Waals surface area contributed by atoms with Crippen LogP contribution in [-0.2, 0) is 11.3 Å². The SMILES string of the molecule is CC(=O)Nc1ccc(CN2CCC3(CCNCC3)C2)cc1. The van der Waals surface area contributed by atoms with E-state index in [1.165, 1.54) is 57.9 Å². The smallest absolute Gasteiger partial charge is 0.221 e. The first-order valence-electron chi connectivity index (χ1n) is 7.95. The Morgan fingerprint density at radius 1 is 1.24 bits per heavy atom. The summed E-state index contributed by atoms with van der Waals surface area (Å²) in [5.41, 5.74) is 2.78. The number of carbonyl (C=O) groups is 1. The van der Waals surface area contributed by atoms with Gasteiger partial charge in [-0.2, -0.15) is 0 Å². The summed E-state index contributed by atoms with van der Waals surface area (Å²) in [6.45, 7) is 7.38. The number of nitrogens with zero attached hydrogens (tertiary/aromatic N) is 1. The molecule has 0 atom stereocenters. The highest BCUT2D eigenvalue weighted by atomic mass is 16.1. The number of hydrogen-bond acceptors (Lipinski definition) is 3. The van der Waals surface area contributed by atoms with E-state index in [0.29, 0.717) is 5.41 Å². The van der Waals surface area contributed by atoms with Crippen LogP contribution in [0.5, 0.6) is 0 Å². The molecule has 2 heterocycles. The largest absolute Gasteiger partial charge is 0.326 e. The Balaban J connectivity index is 1.56. The molecule has 4 heteroatoms. The van der Waals surface area contributed by atoms with Crippen molar-refractivity contribution in [1.82, 2.24) is 10.2 Å². The van der Waals surface area contributed by atoms with Crippen molar-refractivity contribution < 1.29 is 4.79 Å². The van der Waals surface area contributed by atoms with Crippen molar-refractivity contribution in [3.8, 4) is 0 Å². The zero-order valence-electron chi connectivity index (χ0n) is 12.8. The van der Waals surface area contributed by atoms with Gasteiger partial charge in [0.2, 0.25) is 5.91 Å². The van der Waals surface area contributed by atoms with Crippen molar-refractivity contribution in [1.29, 1.82) is 0 Å². The van der Waals surface area contributed by atoms with E-state index in [4.69, 9.17) is 0 Å². The number of hydrogen-bond donors (Lipinski definition) is 2. The fourth-order valence-electron chi connectivity index (χ4n) is 3.68. The average molecular weight is 287 g/mol. The molecule has 0 bridgehead atoms. The summed E-state index contributed by atoms with van der Waals surface area (Å²) in [4.78, 5) is 13.6. The molecule has 0 unspecified atom stereocenters. The maximum absolute atomic E-state index is 11.0. The third-order valence-corrected chi connectivity index (χ3v) is 4.86. The number of amides is 1. The monoisotopic (exact) mass is 287 g/mol. The lowest BCUT2D eigenvalue weighted by Crippen LogP contribution is -2.38. The number of rotatable bonds is 3. The molecular weight excluding hydrogens is 262 g/mol. The number of anilines is 1. The first kappa shape index (κ1) is 14.5. The Morgan fingerprint density at radius 2 is 1.95 bits per heavy atom. The quantitative estimate of drug-likeness (QED) is 0.896. The minimum Gasteiger partial charge on any atom is -0.326 e. The molecule has 0 aromatic heterocycles. The molecule has 114 valence electrons. The third-order valence-electron chi connectivity index (χ3n) is 4.86. The van der Waals surface area contributed by atoms with Gasteiger partial charge in [0.05, 0.1) is 0 Å². The number of benzene rings is 1. The van der Waals surface area contributed by atoms with Gasteiger partial charge in [0, 0.05) is 25.7 Å². The van der Waals surface area contributed by atoms with Crippen molar-refractivity contribution in [3.63, 3.8) is 0 Å². The van der Waals surface area contributed by atoms with Gasteiger partial charge in [-0.05, 0) is 62.0 Å². The van der Waals surface area contributed by atoms with Crippen LogP contribution >= 0.6 is 0 Å². The second kappa shape index (κ2) is 6.16. The molecule has 2 aliphatic heterocycles. The number of piperidine rings is 1. The van der Waals surface area contributed by atoms with E-state index in [9.17, 15) is 4.79 Å². The van der Waals surface area contributed by atoms with Crippen LogP contribution in [-0.4, -0.2) is 37.0 Å². The molecular formula is C17H25N3O. The van der Waals surface area contributed by atoms with Crippen molar-refractivity contribution in [3.05, 3.63) is 29.8 Å². The molecule has 3 rings (SSSR count). The molecule has 2 fully saturated rings. The summed E-state index contributed by atoms with van der Waals surface area (Å²) >= 11 is 0. The molecule has 1 aromatic rings. The van der Waals surface area contributed by atoms with Gasteiger partial charge in [-0.3, -0.25) is 9.69 Å². The molecule has 2 N–H and O–H groups in total. The van der Waals surface area contributed by atoms with E-state index in [1.54, 1.807) is 0 Å². The Bertz CT molecular complexity index is 491. The lowest BCUT2D eigenvalue weighted by atomic mass is 9.78. The molecule has 1 spiro atoms. The molecule has 1 aromatic carbocycles. The van der Waals surface area contributed by atoms with Crippen LogP contribution in [0.2, 0.25) is 0 Å². The zero-order valence-corrected chi connectivity index (χ0v) is 12.8. The molecule has 4 nitrogen and oxygen atoms in total. The van der Waals surface area contributed by atoms with Crippen LogP contribution in [0.4, 0.5) is 5.69 Å². The van der Waals surface area contributed by atoms with Gasteiger partial charge in [-0.25, -0.2) is 0 Å². The van der Waals surface area contributed by atoms with E-state index in [-0.39, 0.29) is 5.91 Å². The van der Waals surface area contributed by atoms with Gasteiger partial charge in [0.1, 0.15) is 0 Å². The molecule has 2 aliphatic rings. The van der Waals surface area contributed by atoms with Gasteiger partial charge in [-0.1, -0.05) is 12.1 Å². The summed E-state index contributed by atoms with van der Waals surface area (Å²) in [7, 11) is 0. The Labute approximate surface area is 126 Å². The van der Waals surface area contributed by atoms with Gasteiger partial charge in [-0.15, -0.1) is 0 Å². The van der Waals surface area contributed by atoms with Crippen molar-refractivity contribution in [2.75, 3.05) is 31.5 Å². The summed E-state index contributed by atoms with van der Waals surface area (Å²) in [6.07, 6.45) is 3.99. The second-order valence-corrected chi connectivity index (χ2v) is 6.59. The predicted octanol–water partition coefficient (Wildman–Crippen LogP) is 2.22. The van der Waals surface area contributed by atoms with E-state index in [0.717, 1.165) is 12.2 Å². The summed E-state index contributed by atoms with van der Waals surface area (Å²) in [6, 6.07) is 8.23. The Morgan fingerprint density at radius 3 is 2.62 bits per heavy atom. The average Bonchev–Trinajstić information content (AvgIpc) is 2.84. The predicted molar refractivity (Wildman–Crippen MR) is 85.2 cm³/mol. The Hall–Kier alpha value is -1.39. The van der Waals surface area contributed by atoms with Crippen molar-refractivity contribution >= 4 is 11.6 Å². The van der Waals surface area contributed by atoms with Gasteiger partial charge < -0.3 is 10.6 Å². The van der Waals surface area contributed by atoms with Crippen LogP contribution in [0.1, 0.15) is 31.7 Å². The highest BCUT2D eigenvalue weighted by molar-refractivity contribution is 5.88. The minimum atomic E-state index is -0.0184. The van der Waals surface area contributed by atoms with Gasteiger partial charge in [0.15, 0.2) is 0 Å². The lowest BCUT2D eigenvalue weighted by Gasteiger charge is -2.33.